The number of aliphatic hydroxyl groups excluding tert-OH is 2. The number of cyclic esters (lactones) is 1. The molecule has 0 spiro atoms. The van der Waals surface area contributed by atoms with Crippen molar-refractivity contribution in [3.63, 3.8) is 0 Å². The van der Waals surface area contributed by atoms with Crippen LogP contribution in [0.25, 0.3) is 6.08 Å². The molecule has 1 aromatic rings. The number of aromatic nitrogens is 1. The van der Waals surface area contributed by atoms with Gasteiger partial charge in [-0.3, -0.25) is 9.59 Å². The van der Waals surface area contributed by atoms with E-state index in [1.165, 1.54) is 0 Å². The molecule has 0 amide bonds. The largest absolute Gasteiger partial charge is 0.457 e. The number of allylic oxidation sites excluding steroid dienone is 2. The molecule has 2 rings (SSSR count). The van der Waals surface area contributed by atoms with Gasteiger partial charge in [-0.2, -0.15) is 0 Å². The van der Waals surface area contributed by atoms with Gasteiger partial charge in [0.1, 0.15) is 11.9 Å². The predicted molar refractivity (Wildman–Crippen MR) is 132 cm³/mol. The molecule has 0 aromatic carbocycles. The maximum absolute atomic E-state index is 13.1. The van der Waals surface area contributed by atoms with Crippen molar-refractivity contribution in [3.8, 4) is 0 Å². The Morgan fingerprint density at radius 2 is 1.91 bits per heavy atom. The summed E-state index contributed by atoms with van der Waals surface area (Å²) < 4.78 is 5.74. The molecule has 1 aliphatic rings. The number of hydrogen-bond donors (Lipinski definition) is 2. The van der Waals surface area contributed by atoms with Crippen LogP contribution in [-0.2, 0) is 14.3 Å². The van der Waals surface area contributed by atoms with Crippen molar-refractivity contribution in [2.24, 2.45) is 11.3 Å². The van der Waals surface area contributed by atoms with Crippen LogP contribution < -0.4 is 0 Å². The van der Waals surface area contributed by atoms with Crippen LogP contribution in [0.4, 0.5) is 0 Å². The van der Waals surface area contributed by atoms with E-state index >= 15 is 0 Å². The SMILES string of the molecule is C/C(=C\c1csc(C)n1)[C@@H]1CC=CCC/C=C(\C)[C@H](O)[C@@H](C)C(=O)C(C)(C)[C@@H](O)CC(=O)O1. The Balaban J connectivity index is 2.31. The van der Waals surface area contributed by atoms with E-state index in [-0.39, 0.29) is 12.2 Å². The van der Waals surface area contributed by atoms with E-state index in [4.69, 9.17) is 4.74 Å². The summed E-state index contributed by atoms with van der Waals surface area (Å²) in [6.07, 6.45) is 6.90. The standard InChI is InChI=1S/C26H37NO5S/c1-16-11-9-7-8-10-12-21(17(2)13-20-15-33-19(4)27-20)32-23(29)14-22(28)26(5,6)25(31)18(3)24(16)30/h8,10-11,13,15,18,21-22,24,28,30H,7,9,12,14H2,1-6H3/b10-8?,16-11+,17-13+/t18-,21+,22+,24+/m1/s1. The van der Waals surface area contributed by atoms with Crippen LogP contribution in [0, 0.1) is 18.3 Å². The second-order valence-corrected chi connectivity index (χ2v) is 10.5. The summed E-state index contributed by atoms with van der Waals surface area (Å²) in [6, 6.07) is 0. The van der Waals surface area contributed by atoms with Gasteiger partial charge in [-0.15, -0.1) is 11.3 Å². The Labute approximate surface area is 201 Å². The van der Waals surface area contributed by atoms with Crippen LogP contribution in [0.3, 0.4) is 0 Å². The fraction of sp³-hybridized carbons (Fsp3) is 0.577. The number of ether oxygens (including phenoxy) is 1. The van der Waals surface area contributed by atoms with Crippen molar-refractivity contribution in [1.82, 2.24) is 4.98 Å². The van der Waals surface area contributed by atoms with Crippen molar-refractivity contribution < 1.29 is 24.5 Å². The van der Waals surface area contributed by atoms with Gasteiger partial charge < -0.3 is 14.9 Å². The van der Waals surface area contributed by atoms with Crippen LogP contribution in [-0.4, -0.2) is 45.3 Å². The highest BCUT2D eigenvalue weighted by atomic mass is 32.1. The first-order valence-corrected chi connectivity index (χ1v) is 12.3. The number of esters is 1. The summed E-state index contributed by atoms with van der Waals surface area (Å²) in [5.74, 6) is -1.56. The van der Waals surface area contributed by atoms with Crippen LogP contribution in [0.1, 0.15) is 71.0 Å². The van der Waals surface area contributed by atoms with E-state index in [0.717, 1.165) is 34.7 Å². The fourth-order valence-electron chi connectivity index (χ4n) is 3.87. The second-order valence-electron chi connectivity index (χ2n) is 9.43. The molecule has 1 aromatic heterocycles. The first kappa shape index (κ1) is 27.2. The minimum absolute atomic E-state index is 0.290. The molecular weight excluding hydrogens is 438 g/mol. The Kier molecular flexibility index (Phi) is 9.76. The third kappa shape index (κ3) is 7.45. The quantitative estimate of drug-likeness (QED) is 0.471. The summed E-state index contributed by atoms with van der Waals surface area (Å²) in [4.78, 5) is 30.3. The molecule has 1 aliphatic heterocycles. The molecule has 0 radical (unpaired) electrons. The zero-order valence-electron chi connectivity index (χ0n) is 20.5. The number of Topliss-reactive ketones (excluding diaryl/α,β-unsaturated/α-hetero) is 1. The number of aliphatic hydroxyl groups is 2. The summed E-state index contributed by atoms with van der Waals surface area (Å²) >= 11 is 1.56. The van der Waals surface area contributed by atoms with Crippen LogP contribution in [0.2, 0.25) is 0 Å². The lowest BCUT2D eigenvalue weighted by molar-refractivity contribution is -0.153. The smallest absolute Gasteiger partial charge is 0.309 e. The minimum Gasteiger partial charge on any atom is -0.457 e. The summed E-state index contributed by atoms with van der Waals surface area (Å²) in [5.41, 5.74) is 1.20. The average molecular weight is 476 g/mol. The molecule has 4 atom stereocenters. The summed E-state index contributed by atoms with van der Waals surface area (Å²) in [5, 5.41) is 24.3. The molecule has 0 unspecified atom stereocenters. The molecule has 0 saturated carbocycles. The molecule has 7 heteroatoms. The van der Waals surface area contributed by atoms with Crippen LogP contribution >= 0.6 is 11.3 Å². The first-order valence-electron chi connectivity index (χ1n) is 11.4. The van der Waals surface area contributed by atoms with Crippen molar-refractivity contribution in [2.45, 2.75) is 85.5 Å². The van der Waals surface area contributed by atoms with E-state index in [0.29, 0.717) is 6.42 Å². The second kappa shape index (κ2) is 11.9. The lowest BCUT2D eigenvalue weighted by Gasteiger charge is -2.33. The highest BCUT2D eigenvalue weighted by Gasteiger charge is 2.41. The highest BCUT2D eigenvalue weighted by Crippen LogP contribution is 2.31. The van der Waals surface area contributed by atoms with Gasteiger partial charge in [0, 0.05) is 17.7 Å². The van der Waals surface area contributed by atoms with Gasteiger partial charge in [-0.05, 0) is 50.8 Å². The van der Waals surface area contributed by atoms with E-state index in [2.05, 4.69) is 4.98 Å². The van der Waals surface area contributed by atoms with Gasteiger partial charge in [-0.25, -0.2) is 4.98 Å². The van der Waals surface area contributed by atoms with Crippen molar-refractivity contribution in [2.75, 3.05) is 0 Å². The van der Waals surface area contributed by atoms with Crippen molar-refractivity contribution >= 4 is 29.2 Å². The third-order valence-corrected chi connectivity index (χ3v) is 7.08. The van der Waals surface area contributed by atoms with E-state index in [1.54, 1.807) is 32.1 Å². The molecule has 0 aliphatic carbocycles. The third-order valence-electron chi connectivity index (χ3n) is 6.29. The fourth-order valence-corrected chi connectivity index (χ4v) is 4.44. The lowest BCUT2D eigenvalue weighted by Crippen LogP contribution is -2.44. The molecule has 6 nitrogen and oxygen atoms in total. The van der Waals surface area contributed by atoms with Gasteiger partial charge in [-0.1, -0.05) is 39.0 Å². The first-order chi connectivity index (χ1) is 15.4. The molecule has 182 valence electrons. The van der Waals surface area contributed by atoms with Crippen LogP contribution in [0.15, 0.2) is 34.8 Å². The number of thiazole rings is 1. The van der Waals surface area contributed by atoms with Gasteiger partial charge in [0.2, 0.25) is 0 Å². The number of hydrogen-bond acceptors (Lipinski definition) is 7. The van der Waals surface area contributed by atoms with E-state index in [9.17, 15) is 19.8 Å². The van der Waals surface area contributed by atoms with Gasteiger partial charge in [0.05, 0.1) is 34.7 Å². The van der Waals surface area contributed by atoms with Gasteiger partial charge in [0.25, 0.3) is 0 Å². The molecule has 0 bridgehead atoms. The zero-order valence-corrected chi connectivity index (χ0v) is 21.3. The molecular formula is C26H37NO5S. The van der Waals surface area contributed by atoms with Crippen molar-refractivity contribution in [3.05, 3.63) is 45.5 Å². The maximum Gasteiger partial charge on any atom is 0.309 e. The number of carbonyl (C=O) groups excluding carboxylic acids is 2. The number of rotatable bonds is 2. The zero-order chi connectivity index (χ0) is 24.8. The summed E-state index contributed by atoms with van der Waals surface area (Å²) in [7, 11) is 0. The monoisotopic (exact) mass is 475 g/mol. The topological polar surface area (TPSA) is 96.7 Å². The Bertz CT molecular complexity index is 927. The Hall–Kier alpha value is -2.09. The molecule has 2 N–H and O–H groups in total. The highest BCUT2D eigenvalue weighted by molar-refractivity contribution is 7.09. The number of carbonyl (C=O) groups is 2. The van der Waals surface area contributed by atoms with E-state index in [1.807, 2.05) is 50.5 Å². The Morgan fingerprint density at radius 3 is 2.55 bits per heavy atom. The van der Waals surface area contributed by atoms with Gasteiger partial charge in [0.15, 0.2) is 0 Å². The Morgan fingerprint density at radius 1 is 1.21 bits per heavy atom. The van der Waals surface area contributed by atoms with E-state index < -0.39 is 35.6 Å². The summed E-state index contributed by atoms with van der Waals surface area (Å²) in [6.45, 7) is 10.5. The average Bonchev–Trinajstić information content (AvgIpc) is 3.16. The minimum atomic E-state index is -1.23. The van der Waals surface area contributed by atoms with Gasteiger partial charge >= 0.3 is 5.97 Å². The maximum atomic E-state index is 13.1. The molecule has 2 heterocycles. The normalized spacial score (nSPS) is 29.9. The number of nitrogens with zero attached hydrogens (tertiary/aromatic N) is 1. The molecule has 33 heavy (non-hydrogen) atoms. The van der Waals surface area contributed by atoms with Crippen molar-refractivity contribution in [1.29, 1.82) is 0 Å². The number of aryl methyl sites for hydroxylation is 1. The number of ketones is 1. The molecule has 0 saturated heterocycles. The molecule has 0 fully saturated rings. The lowest BCUT2D eigenvalue weighted by atomic mass is 9.74. The van der Waals surface area contributed by atoms with Crippen LogP contribution in [0.5, 0.6) is 0 Å². The predicted octanol–water partition coefficient (Wildman–Crippen LogP) is 4.80.